The molecule has 0 spiro atoms. The first-order valence-corrected chi connectivity index (χ1v) is 10.8. The van der Waals surface area contributed by atoms with E-state index in [9.17, 15) is 13.2 Å². The van der Waals surface area contributed by atoms with Gasteiger partial charge in [-0.25, -0.2) is 13.2 Å². The molecule has 7 nitrogen and oxygen atoms in total. The van der Waals surface area contributed by atoms with E-state index in [0.717, 1.165) is 25.9 Å². The largest absolute Gasteiger partial charge is 0.462 e. The van der Waals surface area contributed by atoms with Crippen LogP contribution in [0.4, 0.5) is 5.69 Å². The van der Waals surface area contributed by atoms with Gasteiger partial charge in [-0.05, 0) is 37.5 Å². The van der Waals surface area contributed by atoms with Gasteiger partial charge in [0.05, 0.1) is 28.8 Å². The monoisotopic (exact) mass is 393 g/mol. The quantitative estimate of drug-likeness (QED) is 0.473. The fraction of sp³-hybridized carbons (Fsp3) is 0.579. The fourth-order valence-corrected chi connectivity index (χ4v) is 4.66. The fourth-order valence-electron chi connectivity index (χ4n) is 3.18. The third-order valence-electron chi connectivity index (χ3n) is 4.64. The van der Waals surface area contributed by atoms with Crippen molar-refractivity contribution < 1.29 is 17.9 Å². The summed E-state index contributed by atoms with van der Waals surface area (Å²) in [5.74, 6) is -0.550. The molecule has 0 N–H and O–H groups in total. The van der Waals surface area contributed by atoms with Gasteiger partial charge in [0, 0.05) is 32.6 Å². The van der Waals surface area contributed by atoms with Gasteiger partial charge in [0.25, 0.3) is 0 Å². The lowest BCUT2D eigenvalue weighted by Gasteiger charge is -2.23. The van der Waals surface area contributed by atoms with Gasteiger partial charge in [0.1, 0.15) is 0 Å². The summed E-state index contributed by atoms with van der Waals surface area (Å²) < 4.78 is 32.3. The predicted molar refractivity (Wildman–Crippen MR) is 103 cm³/mol. The molecule has 0 bridgehead atoms. The van der Waals surface area contributed by atoms with E-state index in [-0.39, 0.29) is 17.1 Å². The van der Waals surface area contributed by atoms with Crippen LogP contribution < -0.4 is 4.90 Å². The lowest BCUT2D eigenvalue weighted by Crippen LogP contribution is -2.31. The van der Waals surface area contributed by atoms with Crippen LogP contribution in [0.2, 0.25) is 0 Å². The summed E-state index contributed by atoms with van der Waals surface area (Å²) in [7, 11) is -3.66. The van der Waals surface area contributed by atoms with Crippen LogP contribution in [0.25, 0.3) is 0 Å². The first kappa shape index (κ1) is 21.2. The number of nitrogens with zero attached hydrogens (tertiary/aromatic N) is 3. The Labute approximate surface area is 161 Å². The van der Waals surface area contributed by atoms with Gasteiger partial charge >= 0.3 is 5.97 Å². The highest BCUT2D eigenvalue weighted by Crippen LogP contribution is 2.29. The number of benzene rings is 1. The Morgan fingerprint density at radius 3 is 2.52 bits per heavy atom. The average molecular weight is 394 g/mol. The molecule has 0 aromatic heterocycles. The van der Waals surface area contributed by atoms with Crippen LogP contribution in [-0.2, 0) is 14.8 Å². The summed E-state index contributed by atoms with van der Waals surface area (Å²) in [6.07, 6.45) is 2.84. The number of hydrogen-bond acceptors (Lipinski definition) is 6. The minimum absolute atomic E-state index is 0.0955. The SMILES string of the molecule is CCN(CC)S(=O)(=O)c1ccc(N2CCCC2)c(C(=O)OCCCC#N)c1. The Kier molecular flexibility index (Phi) is 7.63. The molecule has 1 aromatic rings. The number of carbonyl (C=O) groups excluding carboxylic acids is 1. The maximum Gasteiger partial charge on any atom is 0.340 e. The Balaban J connectivity index is 2.37. The molecule has 0 amide bonds. The van der Waals surface area contributed by atoms with Gasteiger partial charge in [0.15, 0.2) is 0 Å². The van der Waals surface area contributed by atoms with Gasteiger partial charge in [-0.15, -0.1) is 0 Å². The van der Waals surface area contributed by atoms with E-state index in [1.165, 1.54) is 10.4 Å². The Hall–Kier alpha value is -2.11. The second-order valence-corrected chi connectivity index (χ2v) is 8.30. The van der Waals surface area contributed by atoms with Gasteiger partial charge in [-0.3, -0.25) is 0 Å². The van der Waals surface area contributed by atoms with Crippen LogP contribution in [0, 0.1) is 11.3 Å². The summed E-state index contributed by atoms with van der Waals surface area (Å²) in [6, 6.07) is 6.70. The average Bonchev–Trinajstić information content (AvgIpc) is 3.20. The second-order valence-electron chi connectivity index (χ2n) is 6.36. The summed E-state index contributed by atoms with van der Waals surface area (Å²) in [5, 5.41) is 8.59. The highest BCUT2D eigenvalue weighted by molar-refractivity contribution is 7.89. The van der Waals surface area contributed by atoms with Gasteiger partial charge in [0.2, 0.25) is 10.0 Å². The van der Waals surface area contributed by atoms with Crippen molar-refractivity contribution in [3.8, 4) is 6.07 Å². The standard InChI is InChI=1S/C19H27N3O4S/c1-3-22(4-2)27(24,25)16-9-10-18(21-12-6-7-13-21)17(15-16)19(23)26-14-8-5-11-20/h9-10,15H,3-8,12-14H2,1-2H3. The van der Waals surface area contributed by atoms with Crippen LogP contribution in [0.1, 0.15) is 49.9 Å². The first-order chi connectivity index (χ1) is 13.0. The summed E-state index contributed by atoms with van der Waals surface area (Å²) in [4.78, 5) is 14.8. The van der Waals surface area contributed by atoms with Crippen LogP contribution >= 0.6 is 0 Å². The zero-order valence-electron chi connectivity index (χ0n) is 16.0. The number of esters is 1. The molecule has 1 saturated heterocycles. The molecule has 0 atom stereocenters. The van der Waals surface area contributed by atoms with Crippen molar-refractivity contribution in [2.45, 2.75) is 44.4 Å². The molecule has 1 aliphatic heterocycles. The van der Waals surface area contributed by atoms with E-state index in [4.69, 9.17) is 10.00 Å². The van der Waals surface area contributed by atoms with E-state index in [0.29, 0.717) is 31.6 Å². The Morgan fingerprint density at radius 1 is 1.26 bits per heavy atom. The van der Waals surface area contributed by atoms with E-state index in [1.54, 1.807) is 26.0 Å². The lowest BCUT2D eigenvalue weighted by molar-refractivity contribution is 0.0502. The minimum atomic E-state index is -3.66. The molecular weight excluding hydrogens is 366 g/mol. The number of sulfonamides is 1. The smallest absolute Gasteiger partial charge is 0.340 e. The van der Waals surface area contributed by atoms with E-state index in [1.807, 2.05) is 6.07 Å². The maximum absolute atomic E-state index is 12.8. The number of rotatable bonds is 9. The molecule has 8 heteroatoms. The molecule has 1 aliphatic rings. The zero-order chi connectivity index (χ0) is 19.9. The van der Waals surface area contributed by atoms with E-state index in [2.05, 4.69) is 4.90 Å². The van der Waals surface area contributed by atoms with Crippen molar-refractivity contribution >= 4 is 21.7 Å². The number of nitriles is 1. The third-order valence-corrected chi connectivity index (χ3v) is 6.69. The molecule has 0 saturated carbocycles. The number of ether oxygens (including phenoxy) is 1. The van der Waals surface area contributed by atoms with Crippen molar-refractivity contribution in [3.63, 3.8) is 0 Å². The Bertz CT molecular complexity index is 792. The predicted octanol–water partition coefficient (Wildman–Crippen LogP) is 2.78. The highest BCUT2D eigenvalue weighted by atomic mass is 32.2. The molecule has 27 heavy (non-hydrogen) atoms. The van der Waals surface area contributed by atoms with Crippen LogP contribution in [0.5, 0.6) is 0 Å². The van der Waals surface area contributed by atoms with Gasteiger partial charge in [-0.1, -0.05) is 13.8 Å². The van der Waals surface area contributed by atoms with Crippen LogP contribution in [0.15, 0.2) is 23.1 Å². The normalized spacial score (nSPS) is 14.4. The summed E-state index contributed by atoms with van der Waals surface area (Å²) >= 11 is 0. The van der Waals surface area contributed by atoms with Crippen molar-refractivity contribution in [2.24, 2.45) is 0 Å². The molecule has 1 aromatic carbocycles. The second kappa shape index (κ2) is 9.72. The van der Waals surface area contributed by atoms with E-state index < -0.39 is 16.0 Å². The van der Waals surface area contributed by atoms with Crippen molar-refractivity contribution in [1.29, 1.82) is 5.26 Å². The van der Waals surface area contributed by atoms with Crippen molar-refractivity contribution in [3.05, 3.63) is 23.8 Å². The molecule has 2 rings (SSSR count). The summed E-state index contributed by atoms with van der Waals surface area (Å²) in [6.45, 7) is 6.09. The molecule has 0 radical (unpaired) electrons. The van der Waals surface area contributed by atoms with E-state index >= 15 is 0 Å². The molecule has 0 aliphatic carbocycles. The maximum atomic E-state index is 12.8. The number of carbonyl (C=O) groups is 1. The van der Waals surface area contributed by atoms with Crippen molar-refractivity contribution in [1.82, 2.24) is 4.31 Å². The minimum Gasteiger partial charge on any atom is -0.462 e. The van der Waals surface area contributed by atoms with Crippen molar-refractivity contribution in [2.75, 3.05) is 37.7 Å². The number of hydrogen-bond donors (Lipinski definition) is 0. The molecule has 148 valence electrons. The lowest BCUT2D eigenvalue weighted by atomic mass is 10.1. The zero-order valence-corrected chi connectivity index (χ0v) is 16.8. The Morgan fingerprint density at radius 2 is 1.93 bits per heavy atom. The van der Waals surface area contributed by atoms with Gasteiger partial charge < -0.3 is 9.64 Å². The molecule has 1 fully saturated rings. The van der Waals surface area contributed by atoms with Crippen LogP contribution in [0.3, 0.4) is 0 Å². The molecule has 0 unspecified atom stereocenters. The molecule has 1 heterocycles. The summed E-state index contributed by atoms with van der Waals surface area (Å²) in [5.41, 5.74) is 0.971. The molecular formula is C19H27N3O4S. The number of anilines is 1. The van der Waals surface area contributed by atoms with Crippen LogP contribution in [-0.4, -0.2) is 51.5 Å². The topological polar surface area (TPSA) is 90.7 Å². The number of unbranched alkanes of at least 4 members (excludes halogenated alkanes) is 1. The third kappa shape index (κ3) is 4.99. The van der Waals surface area contributed by atoms with Gasteiger partial charge in [-0.2, -0.15) is 9.57 Å². The highest BCUT2D eigenvalue weighted by Gasteiger charge is 2.26. The first-order valence-electron chi connectivity index (χ1n) is 9.38.